The highest BCUT2D eigenvalue weighted by molar-refractivity contribution is 5.78. The number of carbonyl (C=O) groups is 1. The minimum absolute atomic E-state index is 0.135. The molecule has 1 aliphatic rings. The average Bonchev–Trinajstić information content (AvgIpc) is 2.64. The second-order valence-electron chi connectivity index (χ2n) is 7.42. The van der Waals surface area contributed by atoms with Crippen molar-refractivity contribution in [3.63, 3.8) is 0 Å². The lowest BCUT2D eigenvalue weighted by Gasteiger charge is -2.36. The summed E-state index contributed by atoms with van der Waals surface area (Å²) < 4.78 is 13.9. The summed E-state index contributed by atoms with van der Waals surface area (Å²) in [6.45, 7) is 7.93. The normalized spacial score (nSPS) is 14.7. The Kier molecular flexibility index (Phi) is 6.11. The third kappa shape index (κ3) is 4.86. The number of hydrogen-bond donors (Lipinski definition) is 0. The van der Waals surface area contributed by atoms with Gasteiger partial charge in [0, 0.05) is 32.7 Å². The highest BCUT2D eigenvalue weighted by Gasteiger charge is 2.23. The van der Waals surface area contributed by atoms with Crippen LogP contribution in [0.4, 0.5) is 10.1 Å². The van der Waals surface area contributed by atoms with E-state index >= 15 is 0 Å². The van der Waals surface area contributed by atoms with Gasteiger partial charge < -0.3 is 9.80 Å². The SMILES string of the molecule is Cc1ccc(CN(C)CC(=O)N2CCN(c3ccccc3F)CC2)c(C)c1. The van der Waals surface area contributed by atoms with Crippen molar-refractivity contribution in [3.05, 3.63) is 65.0 Å². The Labute approximate surface area is 161 Å². The van der Waals surface area contributed by atoms with E-state index in [0.717, 1.165) is 6.54 Å². The van der Waals surface area contributed by atoms with Crippen LogP contribution in [0.5, 0.6) is 0 Å². The number of benzene rings is 2. The maximum atomic E-state index is 13.9. The van der Waals surface area contributed by atoms with Gasteiger partial charge in [-0.25, -0.2) is 4.39 Å². The number of aryl methyl sites for hydroxylation is 2. The molecule has 0 spiro atoms. The van der Waals surface area contributed by atoms with E-state index in [4.69, 9.17) is 0 Å². The van der Waals surface area contributed by atoms with E-state index in [2.05, 4.69) is 36.9 Å². The average molecular weight is 369 g/mol. The summed E-state index contributed by atoms with van der Waals surface area (Å²) in [6.07, 6.45) is 0. The molecule has 1 heterocycles. The molecule has 0 bridgehead atoms. The van der Waals surface area contributed by atoms with Gasteiger partial charge in [-0.3, -0.25) is 9.69 Å². The van der Waals surface area contributed by atoms with Crippen molar-refractivity contribution in [1.29, 1.82) is 0 Å². The molecule has 0 unspecified atom stereocenters. The molecule has 0 aromatic heterocycles. The molecule has 0 saturated carbocycles. The summed E-state index contributed by atoms with van der Waals surface area (Å²) in [4.78, 5) is 18.6. The number of halogens is 1. The van der Waals surface area contributed by atoms with Crippen molar-refractivity contribution in [2.75, 3.05) is 44.7 Å². The Morgan fingerprint density at radius 1 is 1.07 bits per heavy atom. The maximum absolute atomic E-state index is 13.9. The number of amides is 1. The van der Waals surface area contributed by atoms with Gasteiger partial charge in [0.25, 0.3) is 0 Å². The molecule has 0 N–H and O–H groups in total. The Morgan fingerprint density at radius 3 is 2.44 bits per heavy atom. The molecule has 1 saturated heterocycles. The Morgan fingerprint density at radius 2 is 1.78 bits per heavy atom. The molecule has 2 aromatic rings. The van der Waals surface area contributed by atoms with Crippen molar-refractivity contribution < 1.29 is 9.18 Å². The number of hydrogen-bond acceptors (Lipinski definition) is 3. The van der Waals surface area contributed by atoms with Crippen molar-refractivity contribution in [3.8, 4) is 0 Å². The zero-order valence-corrected chi connectivity index (χ0v) is 16.4. The zero-order valence-electron chi connectivity index (χ0n) is 16.4. The molecular weight excluding hydrogens is 341 g/mol. The first-order chi connectivity index (χ1) is 12.9. The first-order valence-corrected chi connectivity index (χ1v) is 9.46. The summed E-state index contributed by atoms with van der Waals surface area (Å²) in [6, 6.07) is 13.2. The first kappa shape index (κ1) is 19.4. The Hall–Kier alpha value is -2.40. The number of likely N-dealkylation sites (N-methyl/N-ethyl adjacent to an activating group) is 1. The smallest absolute Gasteiger partial charge is 0.236 e. The van der Waals surface area contributed by atoms with E-state index in [1.165, 1.54) is 22.8 Å². The molecule has 0 atom stereocenters. The number of rotatable bonds is 5. The lowest BCUT2D eigenvalue weighted by Crippen LogP contribution is -2.51. The predicted molar refractivity (Wildman–Crippen MR) is 107 cm³/mol. The van der Waals surface area contributed by atoms with E-state index in [1.807, 2.05) is 22.9 Å². The van der Waals surface area contributed by atoms with E-state index < -0.39 is 0 Å². The van der Waals surface area contributed by atoms with Gasteiger partial charge in [-0.1, -0.05) is 35.9 Å². The van der Waals surface area contributed by atoms with Crippen molar-refractivity contribution in [2.45, 2.75) is 20.4 Å². The van der Waals surface area contributed by atoms with Gasteiger partial charge in [0.1, 0.15) is 5.82 Å². The topological polar surface area (TPSA) is 26.8 Å². The summed E-state index contributed by atoms with van der Waals surface area (Å²) in [5.74, 6) is -0.0686. The molecule has 1 amide bonds. The van der Waals surface area contributed by atoms with Crippen molar-refractivity contribution >= 4 is 11.6 Å². The summed E-state index contributed by atoms with van der Waals surface area (Å²) in [7, 11) is 1.98. The van der Waals surface area contributed by atoms with Crippen LogP contribution < -0.4 is 4.90 Å². The van der Waals surface area contributed by atoms with Gasteiger partial charge in [0.15, 0.2) is 0 Å². The maximum Gasteiger partial charge on any atom is 0.236 e. The molecule has 27 heavy (non-hydrogen) atoms. The van der Waals surface area contributed by atoms with Crippen LogP contribution in [0.1, 0.15) is 16.7 Å². The fourth-order valence-corrected chi connectivity index (χ4v) is 3.61. The van der Waals surface area contributed by atoms with E-state index in [1.54, 1.807) is 12.1 Å². The molecule has 1 aliphatic heterocycles. The molecule has 2 aromatic carbocycles. The summed E-state index contributed by atoms with van der Waals surface area (Å²) in [5.41, 5.74) is 4.38. The zero-order chi connectivity index (χ0) is 19.4. The van der Waals surface area contributed by atoms with Gasteiger partial charge in [-0.15, -0.1) is 0 Å². The highest BCUT2D eigenvalue weighted by atomic mass is 19.1. The lowest BCUT2D eigenvalue weighted by molar-refractivity contribution is -0.132. The molecule has 1 fully saturated rings. The lowest BCUT2D eigenvalue weighted by atomic mass is 10.1. The van der Waals surface area contributed by atoms with Crippen LogP contribution >= 0.6 is 0 Å². The van der Waals surface area contributed by atoms with E-state index in [-0.39, 0.29) is 11.7 Å². The van der Waals surface area contributed by atoms with Crippen LogP contribution in [-0.2, 0) is 11.3 Å². The predicted octanol–water partition coefficient (Wildman–Crippen LogP) is 3.22. The number of para-hydroxylation sites is 1. The second-order valence-corrected chi connectivity index (χ2v) is 7.42. The third-order valence-electron chi connectivity index (χ3n) is 5.17. The largest absolute Gasteiger partial charge is 0.366 e. The fraction of sp³-hybridized carbons (Fsp3) is 0.409. The van der Waals surface area contributed by atoms with Gasteiger partial charge >= 0.3 is 0 Å². The highest BCUT2D eigenvalue weighted by Crippen LogP contribution is 2.20. The van der Waals surface area contributed by atoms with Crippen LogP contribution in [-0.4, -0.2) is 55.5 Å². The van der Waals surface area contributed by atoms with Gasteiger partial charge in [0.2, 0.25) is 5.91 Å². The van der Waals surface area contributed by atoms with E-state index in [9.17, 15) is 9.18 Å². The number of nitrogens with zero attached hydrogens (tertiary/aromatic N) is 3. The van der Waals surface area contributed by atoms with E-state index in [0.29, 0.717) is 38.4 Å². The van der Waals surface area contributed by atoms with Crippen LogP contribution in [0.2, 0.25) is 0 Å². The second kappa shape index (κ2) is 8.53. The first-order valence-electron chi connectivity index (χ1n) is 9.46. The number of piperazine rings is 1. The van der Waals surface area contributed by atoms with Gasteiger partial charge in [-0.05, 0) is 44.2 Å². The van der Waals surface area contributed by atoms with Gasteiger partial charge in [-0.2, -0.15) is 0 Å². The molecule has 5 heteroatoms. The third-order valence-corrected chi connectivity index (χ3v) is 5.17. The van der Waals surface area contributed by atoms with Crippen molar-refractivity contribution in [2.24, 2.45) is 0 Å². The minimum Gasteiger partial charge on any atom is -0.366 e. The van der Waals surface area contributed by atoms with Crippen LogP contribution in [0, 0.1) is 19.7 Å². The molecule has 144 valence electrons. The quantitative estimate of drug-likeness (QED) is 0.810. The standard InChI is InChI=1S/C22H28FN3O/c1-17-8-9-19(18(2)14-17)15-24(3)16-22(27)26-12-10-25(11-13-26)21-7-5-4-6-20(21)23/h4-9,14H,10-13,15-16H2,1-3H3. The van der Waals surface area contributed by atoms with Crippen LogP contribution in [0.25, 0.3) is 0 Å². The summed E-state index contributed by atoms with van der Waals surface area (Å²) >= 11 is 0. The van der Waals surface area contributed by atoms with Crippen molar-refractivity contribution in [1.82, 2.24) is 9.80 Å². The molecule has 0 radical (unpaired) electrons. The minimum atomic E-state index is -0.203. The fourth-order valence-electron chi connectivity index (χ4n) is 3.61. The van der Waals surface area contributed by atoms with Crippen LogP contribution in [0.3, 0.4) is 0 Å². The number of carbonyl (C=O) groups excluding carboxylic acids is 1. The number of anilines is 1. The monoisotopic (exact) mass is 369 g/mol. The molecule has 0 aliphatic carbocycles. The summed E-state index contributed by atoms with van der Waals surface area (Å²) in [5, 5.41) is 0. The molecular formula is C22H28FN3O. The Balaban J connectivity index is 1.51. The Bertz CT molecular complexity index is 800. The van der Waals surface area contributed by atoms with Crippen LogP contribution in [0.15, 0.2) is 42.5 Å². The molecule has 3 rings (SSSR count). The van der Waals surface area contributed by atoms with Gasteiger partial charge in [0.05, 0.1) is 12.2 Å². The molecule has 4 nitrogen and oxygen atoms in total.